The molecule has 0 amide bonds. The van der Waals surface area contributed by atoms with Crippen molar-refractivity contribution in [2.45, 2.75) is 25.4 Å². The lowest BCUT2D eigenvalue weighted by atomic mass is 9.94. The molecule has 1 fully saturated rings. The second-order valence-electron chi connectivity index (χ2n) is 7.11. The third-order valence-corrected chi connectivity index (χ3v) is 5.34. The molecule has 1 aliphatic rings. The van der Waals surface area contributed by atoms with Crippen molar-refractivity contribution in [2.75, 3.05) is 14.2 Å². The zero-order valence-electron chi connectivity index (χ0n) is 16.4. The number of rotatable bonds is 5. The molecule has 29 heavy (non-hydrogen) atoms. The molecule has 1 saturated heterocycles. The van der Waals surface area contributed by atoms with E-state index in [1.165, 1.54) is 7.11 Å². The molecule has 4 rings (SSSR count). The van der Waals surface area contributed by atoms with Crippen molar-refractivity contribution in [1.29, 1.82) is 0 Å². The predicted octanol–water partition coefficient (Wildman–Crippen LogP) is 4.60. The first-order chi connectivity index (χ1) is 14.1. The standard InChI is InChI=1S/C24H22O5/c1-27-22-14-19(24(26)28-2)9-8-17(22)12-16-5-3-4-15-6-7-18(13-20(15)16)21-10-11-23(25)29-21/h3-9,13-14,21H,10-12H2,1-2H3. The summed E-state index contributed by atoms with van der Waals surface area (Å²) in [5.74, 6) is 0.111. The van der Waals surface area contributed by atoms with Gasteiger partial charge < -0.3 is 14.2 Å². The fourth-order valence-electron chi connectivity index (χ4n) is 3.81. The van der Waals surface area contributed by atoms with E-state index in [1.807, 2.05) is 18.2 Å². The van der Waals surface area contributed by atoms with E-state index in [0.29, 0.717) is 24.2 Å². The van der Waals surface area contributed by atoms with Gasteiger partial charge in [-0.1, -0.05) is 36.4 Å². The molecule has 1 aliphatic heterocycles. The van der Waals surface area contributed by atoms with Gasteiger partial charge in [0.25, 0.3) is 0 Å². The van der Waals surface area contributed by atoms with Crippen LogP contribution in [0.1, 0.15) is 46.0 Å². The summed E-state index contributed by atoms with van der Waals surface area (Å²) >= 11 is 0. The molecular formula is C24H22O5. The Bertz CT molecular complexity index is 1090. The van der Waals surface area contributed by atoms with Crippen LogP contribution in [-0.2, 0) is 20.7 Å². The molecule has 0 aromatic heterocycles. The molecule has 0 radical (unpaired) electrons. The zero-order chi connectivity index (χ0) is 20.4. The Morgan fingerprint density at radius 1 is 1.07 bits per heavy atom. The first-order valence-electron chi connectivity index (χ1n) is 9.55. The van der Waals surface area contributed by atoms with Crippen LogP contribution in [0.4, 0.5) is 0 Å². The highest BCUT2D eigenvalue weighted by Gasteiger charge is 2.25. The maximum absolute atomic E-state index is 11.8. The highest BCUT2D eigenvalue weighted by molar-refractivity contribution is 5.90. The lowest BCUT2D eigenvalue weighted by molar-refractivity contribution is -0.141. The van der Waals surface area contributed by atoms with Gasteiger partial charge in [-0.2, -0.15) is 0 Å². The first kappa shape index (κ1) is 19.0. The average Bonchev–Trinajstić information content (AvgIpc) is 3.19. The van der Waals surface area contributed by atoms with Gasteiger partial charge >= 0.3 is 11.9 Å². The number of ether oxygens (including phenoxy) is 3. The number of carbonyl (C=O) groups excluding carboxylic acids is 2. The SMILES string of the molecule is COC(=O)c1ccc(Cc2cccc3ccc(C4CCC(=O)O4)cc23)c(OC)c1. The van der Waals surface area contributed by atoms with E-state index in [-0.39, 0.29) is 12.1 Å². The Labute approximate surface area is 169 Å². The molecule has 1 unspecified atom stereocenters. The molecule has 0 bridgehead atoms. The van der Waals surface area contributed by atoms with E-state index in [0.717, 1.165) is 33.9 Å². The van der Waals surface area contributed by atoms with Crippen molar-refractivity contribution >= 4 is 22.7 Å². The highest BCUT2D eigenvalue weighted by atomic mass is 16.5. The largest absolute Gasteiger partial charge is 0.496 e. The first-order valence-corrected chi connectivity index (χ1v) is 9.55. The molecule has 0 N–H and O–H groups in total. The second-order valence-corrected chi connectivity index (χ2v) is 7.11. The summed E-state index contributed by atoms with van der Waals surface area (Å²) in [6, 6.07) is 17.7. The van der Waals surface area contributed by atoms with Gasteiger partial charge in [0.05, 0.1) is 19.8 Å². The van der Waals surface area contributed by atoms with Crippen molar-refractivity contribution in [1.82, 2.24) is 0 Å². The quantitative estimate of drug-likeness (QED) is 0.596. The summed E-state index contributed by atoms with van der Waals surface area (Å²) in [7, 11) is 2.95. The molecule has 0 aliphatic carbocycles. The third kappa shape index (κ3) is 3.81. The summed E-state index contributed by atoms with van der Waals surface area (Å²) in [6.45, 7) is 0. The topological polar surface area (TPSA) is 61.8 Å². The number of esters is 2. The van der Waals surface area contributed by atoms with Crippen molar-refractivity contribution < 1.29 is 23.8 Å². The van der Waals surface area contributed by atoms with Crippen molar-refractivity contribution in [3.05, 3.63) is 76.9 Å². The molecule has 5 nitrogen and oxygen atoms in total. The van der Waals surface area contributed by atoms with Crippen molar-refractivity contribution in [2.24, 2.45) is 0 Å². The number of fused-ring (bicyclic) bond motifs is 1. The Balaban J connectivity index is 1.70. The summed E-state index contributed by atoms with van der Waals surface area (Å²) in [6.07, 6.45) is 1.66. The van der Waals surface area contributed by atoms with Crippen molar-refractivity contribution in [3.63, 3.8) is 0 Å². The molecule has 5 heteroatoms. The van der Waals surface area contributed by atoms with Gasteiger partial charge in [-0.25, -0.2) is 4.79 Å². The van der Waals surface area contributed by atoms with E-state index >= 15 is 0 Å². The molecule has 1 atom stereocenters. The fraction of sp³-hybridized carbons (Fsp3) is 0.250. The van der Waals surface area contributed by atoms with Crippen LogP contribution in [-0.4, -0.2) is 26.2 Å². The molecule has 3 aromatic rings. The number of cyclic esters (lactones) is 1. The van der Waals surface area contributed by atoms with Gasteiger partial charge in [0.15, 0.2) is 0 Å². The van der Waals surface area contributed by atoms with E-state index in [9.17, 15) is 9.59 Å². The van der Waals surface area contributed by atoms with Gasteiger partial charge in [0, 0.05) is 12.8 Å². The highest BCUT2D eigenvalue weighted by Crippen LogP contribution is 2.33. The summed E-state index contributed by atoms with van der Waals surface area (Å²) in [4.78, 5) is 23.3. The molecule has 0 saturated carbocycles. The maximum atomic E-state index is 11.8. The number of hydrogen-bond donors (Lipinski definition) is 0. The predicted molar refractivity (Wildman–Crippen MR) is 109 cm³/mol. The van der Waals surface area contributed by atoms with Gasteiger partial charge in [-0.15, -0.1) is 0 Å². The number of methoxy groups -OCH3 is 2. The van der Waals surface area contributed by atoms with Crippen LogP contribution < -0.4 is 4.74 Å². The van der Waals surface area contributed by atoms with E-state index in [2.05, 4.69) is 24.3 Å². The van der Waals surface area contributed by atoms with Crippen LogP contribution in [0.15, 0.2) is 54.6 Å². The smallest absolute Gasteiger partial charge is 0.337 e. The average molecular weight is 390 g/mol. The van der Waals surface area contributed by atoms with Gasteiger partial charge in [-0.05, 0) is 52.1 Å². The van der Waals surface area contributed by atoms with Crippen LogP contribution >= 0.6 is 0 Å². The fourth-order valence-corrected chi connectivity index (χ4v) is 3.81. The zero-order valence-corrected chi connectivity index (χ0v) is 16.4. The van der Waals surface area contributed by atoms with E-state index < -0.39 is 5.97 Å². The van der Waals surface area contributed by atoms with Crippen LogP contribution in [0.5, 0.6) is 5.75 Å². The number of hydrogen-bond acceptors (Lipinski definition) is 5. The molecule has 0 spiro atoms. The van der Waals surface area contributed by atoms with E-state index in [4.69, 9.17) is 14.2 Å². The normalized spacial score (nSPS) is 15.9. The van der Waals surface area contributed by atoms with Crippen LogP contribution in [0.25, 0.3) is 10.8 Å². The Morgan fingerprint density at radius 3 is 2.66 bits per heavy atom. The second kappa shape index (κ2) is 7.95. The minimum atomic E-state index is -0.393. The van der Waals surface area contributed by atoms with Gasteiger partial charge in [-0.3, -0.25) is 4.79 Å². The lowest BCUT2D eigenvalue weighted by Crippen LogP contribution is -2.03. The van der Waals surface area contributed by atoms with Crippen molar-refractivity contribution in [3.8, 4) is 5.75 Å². The Kier molecular flexibility index (Phi) is 5.21. The van der Waals surface area contributed by atoms with Gasteiger partial charge in [0.1, 0.15) is 11.9 Å². The summed E-state index contributed by atoms with van der Waals surface area (Å²) in [5, 5.41) is 2.24. The maximum Gasteiger partial charge on any atom is 0.337 e. The number of benzene rings is 3. The summed E-state index contributed by atoms with van der Waals surface area (Å²) in [5.41, 5.74) is 3.59. The molecule has 148 valence electrons. The van der Waals surface area contributed by atoms with Crippen LogP contribution in [0.2, 0.25) is 0 Å². The third-order valence-electron chi connectivity index (χ3n) is 5.34. The molecule has 3 aromatic carbocycles. The Hall–Kier alpha value is -3.34. The summed E-state index contributed by atoms with van der Waals surface area (Å²) < 4.78 is 15.7. The van der Waals surface area contributed by atoms with E-state index in [1.54, 1.807) is 19.2 Å². The van der Waals surface area contributed by atoms with Crippen LogP contribution in [0.3, 0.4) is 0 Å². The number of carbonyl (C=O) groups is 2. The lowest BCUT2D eigenvalue weighted by Gasteiger charge is -2.14. The minimum Gasteiger partial charge on any atom is -0.496 e. The Morgan fingerprint density at radius 2 is 1.93 bits per heavy atom. The molecular weight excluding hydrogens is 368 g/mol. The molecule has 1 heterocycles. The van der Waals surface area contributed by atoms with Crippen LogP contribution in [0, 0.1) is 0 Å². The minimum absolute atomic E-state index is 0.140. The monoisotopic (exact) mass is 390 g/mol. The van der Waals surface area contributed by atoms with Gasteiger partial charge in [0.2, 0.25) is 0 Å².